The van der Waals surface area contributed by atoms with Crippen molar-refractivity contribution in [1.29, 1.82) is 0 Å². The molecule has 4 heteroatoms. The average molecular weight is 208 g/mol. The van der Waals surface area contributed by atoms with E-state index in [1.165, 1.54) is 0 Å². The molecule has 2 heterocycles. The third-order valence-electron chi connectivity index (χ3n) is 4.05. The molecule has 0 bridgehead atoms. The number of carbonyl (C=O) groups is 2. The number of carbonyl (C=O) groups excluding carboxylic acids is 2. The number of nitrogens with zero attached hydrogens (tertiary/aromatic N) is 1. The SMILES string of the molecule is O=C1NC2(CCC2)C(=O)N2CCCCC12. The molecule has 1 saturated carbocycles. The van der Waals surface area contributed by atoms with Gasteiger partial charge in [-0.2, -0.15) is 0 Å². The van der Waals surface area contributed by atoms with Gasteiger partial charge in [0.1, 0.15) is 11.6 Å². The predicted molar refractivity (Wildman–Crippen MR) is 54.1 cm³/mol. The third kappa shape index (κ3) is 1.13. The largest absolute Gasteiger partial charge is 0.340 e. The zero-order valence-electron chi connectivity index (χ0n) is 8.79. The minimum Gasteiger partial charge on any atom is -0.340 e. The van der Waals surface area contributed by atoms with Crippen LogP contribution in [0.15, 0.2) is 0 Å². The lowest BCUT2D eigenvalue weighted by atomic mass is 9.73. The Morgan fingerprint density at radius 3 is 2.67 bits per heavy atom. The lowest BCUT2D eigenvalue weighted by Crippen LogP contribution is -2.73. The molecule has 2 aliphatic heterocycles. The molecule has 82 valence electrons. The molecule has 4 nitrogen and oxygen atoms in total. The fourth-order valence-corrected chi connectivity index (χ4v) is 2.96. The fourth-order valence-electron chi connectivity index (χ4n) is 2.96. The Hall–Kier alpha value is -1.06. The maximum absolute atomic E-state index is 12.2. The van der Waals surface area contributed by atoms with Crippen LogP contribution in [0.1, 0.15) is 38.5 Å². The molecule has 1 N–H and O–H groups in total. The van der Waals surface area contributed by atoms with E-state index >= 15 is 0 Å². The van der Waals surface area contributed by atoms with E-state index in [2.05, 4.69) is 5.32 Å². The van der Waals surface area contributed by atoms with Crippen molar-refractivity contribution >= 4 is 11.8 Å². The molecule has 2 amide bonds. The van der Waals surface area contributed by atoms with Crippen LogP contribution >= 0.6 is 0 Å². The molecule has 1 atom stereocenters. The quantitative estimate of drug-likeness (QED) is 0.627. The number of hydrogen-bond acceptors (Lipinski definition) is 2. The zero-order valence-corrected chi connectivity index (χ0v) is 8.79. The fraction of sp³-hybridized carbons (Fsp3) is 0.818. The maximum atomic E-state index is 12.2. The Labute approximate surface area is 89.0 Å². The van der Waals surface area contributed by atoms with E-state index in [0.29, 0.717) is 0 Å². The molecule has 0 aromatic heterocycles. The van der Waals surface area contributed by atoms with Gasteiger partial charge in [0.25, 0.3) is 0 Å². The van der Waals surface area contributed by atoms with Crippen LogP contribution in [0.2, 0.25) is 0 Å². The minimum atomic E-state index is -0.495. The highest BCUT2D eigenvalue weighted by Crippen LogP contribution is 2.38. The molecule has 0 radical (unpaired) electrons. The number of hydrogen-bond donors (Lipinski definition) is 1. The Morgan fingerprint density at radius 1 is 1.20 bits per heavy atom. The maximum Gasteiger partial charge on any atom is 0.249 e. The van der Waals surface area contributed by atoms with Gasteiger partial charge in [0.05, 0.1) is 0 Å². The summed E-state index contributed by atoms with van der Waals surface area (Å²) in [7, 11) is 0. The Balaban J connectivity index is 1.89. The standard InChI is InChI=1S/C11H16N2O2/c14-9-8-4-1-2-7-13(8)10(15)11(12-9)5-3-6-11/h8H,1-7H2,(H,12,14). The van der Waals surface area contributed by atoms with E-state index in [4.69, 9.17) is 0 Å². The highest BCUT2D eigenvalue weighted by Gasteiger charge is 2.54. The van der Waals surface area contributed by atoms with Crippen LogP contribution in [-0.4, -0.2) is 34.8 Å². The number of amides is 2. The Kier molecular flexibility index (Phi) is 1.82. The van der Waals surface area contributed by atoms with Gasteiger partial charge in [-0.25, -0.2) is 0 Å². The second-order valence-electron chi connectivity index (χ2n) is 4.94. The summed E-state index contributed by atoms with van der Waals surface area (Å²) in [5.41, 5.74) is -0.495. The first kappa shape index (κ1) is 9.19. The van der Waals surface area contributed by atoms with Crippen molar-refractivity contribution < 1.29 is 9.59 Å². The molecule has 1 spiro atoms. The van der Waals surface area contributed by atoms with Gasteiger partial charge in [0.15, 0.2) is 0 Å². The third-order valence-corrected chi connectivity index (χ3v) is 4.05. The molecular formula is C11H16N2O2. The van der Waals surface area contributed by atoms with Gasteiger partial charge in [-0.15, -0.1) is 0 Å². The smallest absolute Gasteiger partial charge is 0.249 e. The van der Waals surface area contributed by atoms with Gasteiger partial charge in [-0.1, -0.05) is 0 Å². The van der Waals surface area contributed by atoms with Gasteiger partial charge in [-0.05, 0) is 38.5 Å². The second kappa shape index (κ2) is 2.97. The lowest BCUT2D eigenvalue weighted by Gasteiger charge is -2.51. The van der Waals surface area contributed by atoms with E-state index in [1.54, 1.807) is 0 Å². The number of piperidine rings is 1. The highest BCUT2D eigenvalue weighted by molar-refractivity contribution is 6.00. The van der Waals surface area contributed by atoms with Crippen LogP contribution in [-0.2, 0) is 9.59 Å². The molecule has 3 fully saturated rings. The summed E-state index contributed by atoms with van der Waals surface area (Å²) in [5.74, 6) is 0.257. The van der Waals surface area contributed by atoms with Crippen LogP contribution in [0, 0.1) is 0 Å². The summed E-state index contributed by atoms with van der Waals surface area (Å²) in [6, 6.07) is -0.169. The van der Waals surface area contributed by atoms with Crippen LogP contribution < -0.4 is 5.32 Å². The van der Waals surface area contributed by atoms with E-state index in [-0.39, 0.29) is 17.9 Å². The van der Waals surface area contributed by atoms with Gasteiger partial charge in [0, 0.05) is 6.54 Å². The molecule has 1 aliphatic carbocycles. The first-order valence-electron chi connectivity index (χ1n) is 5.86. The highest BCUT2D eigenvalue weighted by atomic mass is 16.2. The Morgan fingerprint density at radius 2 is 2.00 bits per heavy atom. The number of piperazine rings is 1. The molecule has 1 unspecified atom stereocenters. The summed E-state index contributed by atoms with van der Waals surface area (Å²) in [6.45, 7) is 0.776. The monoisotopic (exact) mass is 208 g/mol. The first-order chi connectivity index (χ1) is 7.23. The topological polar surface area (TPSA) is 49.4 Å². The van der Waals surface area contributed by atoms with Crippen molar-refractivity contribution in [3.8, 4) is 0 Å². The average Bonchev–Trinajstić information content (AvgIpc) is 2.21. The number of fused-ring (bicyclic) bond motifs is 1. The van der Waals surface area contributed by atoms with E-state index < -0.39 is 5.54 Å². The van der Waals surface area contributed by atoms with Crippen LogP contribution in [0.3, 0.4) is 0 Å². The van der Waals surface area contributed by atoms with Gasteiger partial charge >= 0.3 is 0 Å². The van der Waals surface area contributed by atoms with Gasteiger partial charge < -0.3 is 10.2 Å². The van der Waals surface area contributed by atoms with Crippen molar-refractivity contribution in [2.75, 3.05) is 6.54 Å². The molecule has 15 heavy (non-hydrogen) atoms. The summed E-state index contributed by atoms with van der Waals surface area (Å²) in [6.07, 6.45) is 5.68. The van der Waals surface area contributed by atoms with Crippen molar-refractivity contribution in [2.45, 2.75) is 50.1 Å². The van der Waals surface area contributed by atoms with Crippen molar-refractivity contribution in [3.05, 3.63) is 0 Å². The summed E-state index contributed by atoms with van der Waals surface area (Å²) in [4.78, 5) is 25.9. The normalized spacial score (nSPS) is 33.3. The summed E-state index contributed by atoms with van der Waals surface area (Å²) in [5, 5.41) is 2.95. The van der Waals surface area contributed by atoms with Gasteiger partial charge in [-0.3, -0.25) is 9.59 Å². The van der Waals surface area contributed by atoms with Crippen LogP contribution in [0.5, 0.6) is 0 Å². The van der Waals surface area contributed by atoms with Crippen molar-refractivity contribution in [1.82, 2.24) is 10.2 Å². The zero-order chi connectivity index (χ0) is 10.5. The summed E-state index contributed by atoms with van der Waals surface area (Å²) >= 11 is 0. The first-order valence-corrected chi connectivity index (χ1v) is 5.86. The minimum absolute atomic E-state index is 0.0778. The van der Waals surface area contributed by atoms with Crippen LogP contribution in [0.25, 0.3) is 0 Å². The number of nitrogens with one attached hydrogen (secondary N) is 1. The van der Waals surface area contributed by atoms with Crippen molar-refractivity contribution in [3.63, 3.8) is 0 Å². The lowest BCUT2D eigenvalue weighted by molar-refractivity contribution is -0.161. The number of rotatable bonds is 0. The molecule has 3 aliphatic rings. The molecule has 2 saturated heterocycles. The van der Waals surface area contributed by atoms with Crippen molar-refractivity contribution in [2.24, 2.45) is 0 Å². The molecular weight excluding hydrogens is 192 g/mol. The molecule has 0 aromatic rings. The molecule has 3 rings (SSSR count). The second-order valence-corrected chi connectivity index (χ2v) is 4.94. The van der Waals surface area contributed by atoms with Crippen LogP contribution in [0.4, 0.5) is 0 Å². The molecule has 0 aromatic carbocycles. The van der Waals surface area contributed by atoms with Gasteiger partial charge in [0.2, 0.25) is 11.8 Å². The predicted octanol–water partition coefficient (Wildman–Crippen LogP) is 0.420. The van der Waals surface area contributed by atoms with E-state index in [1.807, 2.05) is 4.90 Å². The summed E-state index contributed by atoms with van der Waals surface area (Å²) < 4.78 is 0. The van der Waals surface area contributed by atoms with E-state index in [9.17, 15) is 9.59 Å². The van der Waals surface area contributed by atoms with E-state index in [0.717, 1.165) is 45.1 Å². The Bertz CT molecular complexity index is 323.